The SMILES string of the molecule is CCCSc1cccnc1NC(C)=O.Cl. The highest BCUT2D eigenvalue weighted by atomic mass is 35.5. The molecule has 0 aliphatic carbocycles. The minimum Gasteiger partial charge on any atom is -0.310 e. The van der Waals surface area contributed by atoms with Crippen LogP contribution in [0.2, 0.25) is 0 Å². The van der Waals surface area contributed by atoms with Gasteiger partial charge in [0.15, 0.2) is 0 Å². The highest BCUT2D eigenvalue weighted by Gasteiger charge is 2.04. The van der Waals surface area contributed by atoms with E-state index in [0.717, 1.165) is 17.1 Å². The highest BCUT2D eigenvalue weighted by Crippen LogP contribution is 2.25. The van der Waals surface area contributed by atoms with Crippen molar-refractivity contribution >= 4 is 35.9 Å². The standard InChI is InChI=1S/C10H14N2OS.ClH/c1-3-7-14-9-5-4-6-11-10(9)12-8(2)13;/h4-6H,3,7H2,1-2H3,(H,11,12,13);1H. The van der Waals surface area contributed by atoms with E-state index >= 15 is 0 Å². The summed E-state index contributed by atoms with van der Waals surface area (Å²) >= 11 is 1.71. The Morgan fingerprint density at radius 3 is 2.93 bits per heavy atom. The van der Waals surface area contributed by atoms with Crippen LogP contribution in [-0.4, -0.2) is 16.6 Å². The molecule has 15 heavy (non-hydrogen) atoms. The molecule has 0 aliphatic rings. The second-order valence-corrected chi connectivity index (χ2v) is 4.02. The maximum atomic E-state index is 10.9. The largest absolute Gasteiger partial charge is 0.310 e. The number of carbonyl (C=O) groups excluding carboxylic acids is 1. The monoisotopic (exact) mass is 246 g/mol. The van der Waals surface area contributed by atoms with Crippen LogP contribution in [-0.2, 0) is 4.79 Å². The molecule has 0 aliphatic heterocycles. The summed E-state index contributed by atoms with van der Waals surface area (Å²) < 4.78 is 0. The fraction of sp³-hybridized carbons (Fsp3) is 0.400. The lowest BCUT2D eigenvalue weighted by Gasteiger charge is -2.06. The quantitative estimate of drug-likeness (QED) is 0.831. The van der Waals surface area contributed by atoms with Crippen molar-refractivity contribution < 1.29 is 4.79 Å². The molecule has 0 fully saturated rings. The summed E-state index contributed by atoms with van der Waals surface area (Å²) in [4.78, 5) is 16.0. The van der Waals surface area contributed by atoms with Gasteiger partial charge in [-0.3, -0.25) is 4.79 Å². The first-order chi connectivity index (χ1) is 6.74. The molecule has 1 aromatic heterocycles. The maximum Gasteiger partial charge on any atom is 0.222 e. The smallest absolute Gasteiger partial charge is 0.222 e. The Kier molecular flexibility index (Phi) is 7.17. The molecule has 3 nitrogen and oxygen atoms in total. The van der Waals surface area contributed by atoms with Crippen molar-refractivity contribution in [2.24, 2.45) is 0 Å². The van der Waals surface area contributed by atoms with Crippen molar-refractivity contribution in [1.29, 1.82) is 0 Å². The van der Waals surface area contributed by atoms with E-state index in [4.69, 9.17) is 0 Å². The molecular formula is C10H15ClN2OS. The average Bonchev–Trinajstić information content (AvgIpc) is 2.16. The van der Waals surface area contributed by atoms with Gasteiger partial charge in [-0.25, -0.2) is 4.98 Å². The number of hydrogen-bond donors (Lipinski definition) is 1. The van der Waals surface area contributed by atoms with Gasteiger partial charge in [-0.2, -0.15) is 0 Å². The third-order valence-corrected chi connectivity index (χ3v) is 2.78. The molecule has 1 heterocycles. The van der Waals surface area contributed by atoms with Crippen LogP contribution < -0.4 is 5.32 Å². The van der Waals surface area contributed by atoms with Gasteiger partial charge < -0.3 is 5.32 Å². The van der Waals surface area contributed by atoms with Crippen LogP contribution in [0.1, 0.15) is 20.3 Å². The molecule has 0 spiro atoms. The Balaban J connectivity index is 0.00000196. The Labute approximate surface area is 100 Å². The number of halogens is 1. The molecule has 0 saturated carbocycles. The van der Waals surface area contributed by atoms with Crippen molar-refractivity contribution in [1.82, 2.24) is 4.98 Å². The average molecular weight is 247 g/mol. The van der Waals surface area contributed by atoms with E-state index in [1.807, 2.05) is 12.1 Å². The molecule has 84 valence electrons. The van der Waals surface area contributed by atoms with E-state index in [0.29, 0.717) is 5.82 Å². The Hall–Kier alpha value is -0.740. The zero-order valence-corrected chi connectivity index (χ0v) is 10.5. The van der Waals surface area contributed by atoms with Gasteiger partial charge in [-0.15, -0.1) is 24.2 Å². The molecule has 5 heteroatoms. The van der Waals surface area contributed by atoms with Gasteiger partial charge in [0, 0.05) is 13.1 Å². The predicted octanol–water partition coefficient (Wildman–Crippen LogP) is 2.96. The second kappa shape index (κ2) is 7.54. The van der Waals surface area contributed by atoms with E-state index in [1.165, 1.54) is 6.92 Å². The number of anilines is 1. The topological polar surface area (TPSA) is 42.0 Å². The zero-order valence-electron chi connectivity index (χ0n) is 8.82. The van der Waals surface area contributed by atoms with Crippen LogP contribution in [0.3, 0.4) is 0 Å². The van der Waals surface area contributed by atoms with Crippen LogP contribution in [0, 0.1) is 0 Å². The van der Waals surface area contributed by atoms with Gasteiger partial charge in [0.25, 0.3) is 0 Å². The summed E-state index contributed by atoms with van der Waals surface area (Å²) in [6.45, 7) is 3.62. The third kappa shape index (κ3) is 5.04. The molecule has 0 unspecified atom stereocenters. The van der Waals surface area contributed by atoms with Crippen LogP contribution in [0.5, 0.6) is 0 Å². The lowest BCUT2D eigenvalue weighted by atomic mass is 10.4. The third-order valence-electron chi connectivity index (χ3n) is 1.53. The molecule has 1 rings (SSSR count). The first-order valence-electron chi connectivity index (χ1n) is 4.59. The van der Waals surface area contributed by atoms with Gasteiger partial charge in [-0.05, 0) is 24.3 Å². The first kappa shape index (κ1) is 14.3. The van der Waals surface area contributed by atoms with Crippen molar-refractivity contribution in [2.75, 3.05) is 11.1 Å². The molecular weight excluding hydrogens is 232 g/mol. The normalized spacial score (nSPS) is 9.20. The van der Waals surface area contributed by atoms with E-state index in [-0.39, 0.29) is 18.3 Å². The number of amides is 1. The van der Waals surface area contributed by atoms with Crippen LogP contribution >= 0.6 is 24.2 Å². The van der Waals surface area contributed by atoms with Gasteiger partial charge in [0.1, 0.15) is 5.82 Å². The lowest BCUT2D eigenvalue weighted by Crippen LogP contribution is -2.08. The number of rotatable bonds is 4. The Morgan fingerprint density at radius 1 is 1.60 bits per heavy atom. The van der Waals surface area contributed by atoms with Gasteiger partial charge >= 0.3 is 0 Å². The number of carbonyl (C=O) groups is 1. The van der Waals surface area contributed by atoms with E-state index in [1.54, 1.807) is 18.0 Å². The first-order valence-corrected chi connectivity index (χ1v) is 5.58. The van der Waals surface area contributed by atoms with E-state index < -0.39 is 0 Å². The minimum atomic E-state index is -0.0814. The van der Waals surface area contributed by atoms with Crippen LogP contribution in [0.15, 0.2) is 23.2 Å². The van der Waals surface area contributed by atoms with Crippen molar-refractivity contribution in [3.8, 4) is 0 Å². The molecule has 1 N–H and O–H groups in total. The fourth-order valence-corrected chi connectivity index (χ4v) is 1.82. The van der Waals surface area contributed by atoms with Crippen LogP contribution in [0.25, 0.3) is 0 Å². The maximum absolute atomic E-state index is 10.9. The fourth-order valence-electron chi connectivity index (χ4n) is 0.980. The number of aromatic nitrogens is 1. The molecule has 0 bridgehead atoms. The Bertz CT molecular complexity index is 320. The van der Waals surface area contributed by atoms with E-state index in [9.17, 15) is 4.79 Å². The highest BCUT2D eigenvalue weighted by molar-refractivity contribution is 7.99. The van der Waals surface area contributed by atoms with Gasteiger partial charge in [0.05, 0.1) is 4.90 Å². The molecule has 0 aromatic carbocycles. The summed E-state index contributed by atoms with van der Waals surface area (Å²) in [5, 5.41) is 2.71. The lowest BCUT2D eigenvalue weighted by molar-refractivity contribution is -0.114. The number of nitrogens with one attached hydrogen (secondary N) is 1. The predicted molar refractivity (Wildman–Crippen MR) is 66.8 cm³/mol. The number of pyridine rings is 1. The Morgan fingerprint density at radius 2 is 2.33 bits per heavy atom. The van der Waals surface area contributed by atoms with E-state index in [2.05, 4.69) is 17.2 Å². The van der Waals surface area contributed by atoms with Gasteiger partial charge in [-0.1, -0.05) is 6.92 Å². The minimum absolute atomic E-state index is 0. The van der Waals surface area contributed by atoms with Crippen LogP contribution in [0.4, 0.5) is 5.82 Å². The summed E-state index contributed by atoms with van der Waals surface area (Å²) in [5.41, 5.74) is 0. The summed E-state index contributed by atoms with van der Waals surface area (Å²) in [7, 11) is 0. The number of nitrogens with zero attached hydrogens (tertiary/aromatic N) is 1. The number of hydrogen-bond acceptors (Lipinski definition) is 3. The molecule has 0 saturated heterocycles. The zero-order chi connectivity index (χ0) is 10.4. The summed E-state index contributed by atoms with van der Waals surface area (Å²) in [6.07, 6.45) is 2.79. The molecule has 0 radical (unpaired) electrons. The van der Waals surface area contributed by atoms with Crippen molar-refractivity contribution in [3.63, 3.8) is 0 Å². The summed E-state index contributed by atoms with van der Waals surface area (Å²) in [6, 6.07) is 3.85. The molecule has 1 aromatic rings. The van der Waals surface area contributed by atoms with Crippen molar-refractivity contribution in [2.45, 2.75) is 25.2 Å². The second-order valence-electron chi connectivity index (χ2n) is 2.88. The number of thioether (sulfide) groups is 1. The molecule has 0 atom stereocenters. The van der Waals surface area contributed by atoms with Crippen molar-refractivity contribution in [3.05, 3.63) is 18.3 Å². The molecule has 1 amide bonds. The summed E-state index contributed by atoms with van der Waals surface area (Å²) in [5.74, 6) is 1.62. The van der Waals surface area contributed by atoms with Gasteiger partial charge in [0.2, 0.25) is 5.91 Å².